The molecule has 1 aliphatic rings. The fraction of sp³-hybridized carbons (Fsp3) is 0.318. The van der Waals surface area contributed by atoms with Crippen molar-refractivity contribution in [2.45, 2.75) is 36.9 Å². The summed E-state index contributed by atoms with van der Waals surface area (Å²) in [6.45, 7) is 0. The molecule has 1 heterocycles. The molecule has 0 unspecified atom stereocenters. The van der Waals surface area contributed by atoms with Crippen LogP contribution in [0.15, 0.2) is 47.6 Å². The number of thioether (sulfide) groups is 1. The summed E-state index contributed by atoms with van der Waals surface area (Å²) in [5, 5.41) is 22.7. The molecule has 0 atom stereocenters. The lowest BCUT2D eigenvalue weighted by Gasteiger charge is -2.13. The molecule has 9 nitrogen and oxygen atoms in total. The van der Waals surface area contributed by atoms with Crippen LogP contribution in [-0.2, 0) is 11.8 Å². The normalized spacial score (nSPS) is 13.8. The highest BCUT2D eigenvalue weighted by Gasteiger charge is 2.18. The van der Waals surface area contributed by atoms with Gasteiger partial charge in [0.25, 0.3) is 5.69 Å². The summed E-state index contributed by atoms with van der Waals surface area (Å²) in [5.74, 6) is 1.27. The van der Waals surface area contributed by atoms with Crippen LogP contribution in [0.3, 0.4) is 0 Å². The number of carbonyl (C=O) groups is 1. The second kappa shape index (κ2) is 10.2. The van der Waals surface area contributed by atoms with Gasteiger partial charge in [-0.15, -0.1) is 10.2 Å². The Kier molecular flexibility index (Phi) is 7.14. The zero-order valence-electron chi connectivity index (χ0n) is 17.9. The van der Waals surface area contributed by atoms with E-state index in [1.807, 2.05) is 35.9 Å². The standard InChI is InChI=1S/C22H22ClN5O4S/c1-27-21(14-6-9-17(10-7-14)32-16-4-2-3-5-16)25-26-22(27)33-13-20(29)24-15-8-11-18(23)19(12-15)28(30)31/h6-12,16H,2-5,13H2,1H3,(H,24,29). The lowest BCUT2D eigenvalue weighted by molar-refractivity contribution is -0.384. The third-order valence-corrected chi connectivity index (χ3v) is 6.65. The van der Waals surface area contributed by atoms with Crippen molar-refractivity contribution in [1.29, 1.82) is 0 Å². The van der Waals surface area contributed by atoms with Crippen molar-refractivity contribution in [2.24, 2.45) is 7.05 Å². The Bertz CT molecular complexity index is 1160. The molecule has 1 amide bonds. The lowest BCUT2D eigenvalue weighted by Crippen LogP contribution is -2.14. The Hall–Kier alpha value is -3.11. The minimum Gasteiger partial charge on any atom is -0.490 e. The number of aromatic nitrogens is 3. The molecule has 0 bridgehead atoms. The molecule has 0 radical (unpaired) electrons. The van der Waals surface area contributed by atoms with Gasteiger partial charge in [0, 0.05) is 24.4 Å². The van der Waals surface area contributed by atoms with Gasteiger partial charge in [0.15, 0.2) is 11.0 Å². The summed E-state index contributed by atoms with van der Waals surface area (Å²) in [6.07, 6.45) is 4.96. The Morgan fingerprint density at radius 1 is 1.24 bits per heavy atom. The second-order valence-corrected chi connectivity index (χ2v) is 9.02. The van der Waals surface area contributed by atoms with Crippen LogP contribution < -0.4 is 10.1 Å². The van der Waals surface area contributed by atoms with Gasteiger partial charge in [-0.3, -0.25) is 14.9 Å². The third kappa shape index (κ3) is 5.63. The van der Waals surface area contributed by atoms with Gasteiger partial charge in [0.1, 0.15) is 10.8 Å². The number of carbonyl (C=O) groups excluding carboxylic acids is 1. The van der Waals surface area contributed by atoms with Gasteiger partial charge in [-0.1, -0.05) is 23.4 Å². The molecule has 1 saturated carbocycles. The number of anilines is 1. The van der Waals surface area contributed by atoms with Crippen LogP contribution in [0.5, 0.6) is 5.75 Å². The molecule has 4 rings (SSSR count). The van der Waals surface area contributed by atoms with E-state index in [1.165, 1.54) is 42.8 Å². The van der Waals surface area contributed by atoms with Gasteiger partial charge >= 0.3 is 0 Å². The predicted octanol–water partition coefficient (Wildman–Crippen LogP) is 5.10. The van der Waals surface area contributed by atoms with Gasteiger partial charge in [-0.25, -0.2) is 0 Å². The number of hydrogen-bond acceptors (Lipinski definition) is 7. The van der Waals surface area contributed by atoms with Crippen LogP contribution in [0, 0.1) is 10.1 Å². The maximum Gasteiger partial charge on any atom is 0.289 e. The van der Waals surface area contributed by atoms with Crippen LogP contribution in [0.1, 0.15) is 25.7 Å². The molecule has 0 aliphatic heterocycles. The Morgan fingerprint density at radius 2 is 1.97 bits per heavy atom. The number of nitrogens with one attached hydrogen (secondary N) is 1. The van der Waals surface area contributed by atoms with Crippen molar-refractivity contribution in [1.82, 2.24) is 14.8 Å². The monoisotopic (exact) mass is 487 g/mol. The number of benzene rings is 2. The molecule has 11 heteroatoms. The summed E-state index contributed by atoms with van der Waals surface area (Å²) >= 11 is 7.02. The number of nitrogens with zero attached hydrogens (tertiary/aromatic N) is 4. The molecule has 3 aromatic rings. The minimum absolute atomic E-state index is 0.0112. The average molecular weight is 488 g/mol. The maximum atomic E-state index is 12.3. The van der Waals surface area contributed by atoms with E-state index in [-0.39, 0.29) is 22.4 Å². The molecule has 1 aliphatic carbocycles. The molecule has 1 aromatic heterocycles. The van der Waals surface area contributed by atoms with E-state index in [2.05, 4.69) is 15.5 Å². The second-order valence-electron chi connectivity index (χ2n) is 7.67. The maximum absolute atomic E-state index is 12.3. The van der Waals surface area contributed by atoms with Crippen molar-refractivity contribution in [2.75, 3.05) is 11.1 Å². The SMILES string of the molecule is Cn1c(SCC(=O)Nc2ccc(Cl)c([N+](=O)[O-])c2)nnc1-c1ccc(OC2CCCC2)cc1. The van der Waals surface area contributed by atoms with Crippen molar-refractivity contribution in [3.05, 3.63) is 57.6 Å². The molecule has 1 fully saturated rings. The van der Waals surface area contributed by atoms with Crippen LogP contribution in [0.2, 0.25) is 5.02 Å². The van der Waals surface area contributed by atoms with E-state index in [9.17, 15) is 14.9 Å². The largest absolute Gasteiger partial charge is 0.490 e. The Morgan fingerprint density at radius 3 is 2.67 bits per heavy atom. The topological polar surface area (TPSA) is 112 Å². The first-order valence-electron chi connectivity index (χ1n) is 10.4. The van der Waals surface area contributed by atoms with Gasteiger partial charge < -0.3 is 14.6 Å². The Labute approximate surface area is 199 Å². The van der Waals surface area contributed by atoms with Crippen LogP contribution in [0.4, 0.5) is 11.4 Å². The first-order chi connectivity index (χ1) is 15.9. The van der Waals surface area contributed by atoms with Crippen molar-refractivity contribution >= 4 is 40.6 Å². The van der Waals surface area contributed by atoms with Gasteiger partial charge in [-0.2, -0.15) is 0 Å². The van der Waals surface area contributed by atoms with E-state index < -0.39 is 4.92 Å². The fourth-order valence-corrected chi connectivity index (χ4v) is 4.53. The van der Waals surface area contributed by atoms with Gasteiger partial charge in [0.05, 0.1) is 16.8 Å². The molecular formula is C22H22ClN5O4S. The molecule has 0 saturated heterocycles. The van der Waals surface area contributed by atoms with Gasteiger partial charge in [-0.05, 0) is 62.1 Å². The molecular weight excluding hydrogens is 466 g/mol. The quantitative estimate of drug-likeness (QED) is 0.267. The fourth-order valence-electron chi connectivity index (χ4n) is 3.63. The Balaban J connectivity index is 1.35. The number of hydrogen-bond donors (Lipinski definition) is 1. The number of halogens is 1. The number of amides is 1. The van der Waals surface area contributed by atoms with E-state index in [0.29, 0.717) is 22.8 Å². The lowest BCUT2D eigenvalue weighted by atomic mass is 10.2. The van der Waals surface area contributed by atoms with Crippen LogP contribution >= 0.6 is 23.4 Å². The van der Waals surface area contributed by atoms with Crippen molar-refractivity contribution in [3.8, 4) is 17.1 Å². The minimum atomic E-state index is -0.596. The zero-order valence-corrected chi connectivity index (χ0v) is 19.4. The average Bonchev–Trinajstić information content (AvgIpc) is 3.44. The van der Waals surface area contributed by atoms with E-state index in [1.54, 1.807) is 0 Å². The highest BCUT2D eigenvalue weighted by molar-refractivity contribution is 7.99. The van der Waals surface area contributed by atoms with E-state index in [0.717, 1.165) is 24.2 Å². The zero-order chi connectivity index (χ0) is 23.4. The van der Waals surface area contributed by atoms with E-state index >= 15 is 0 Å². The first-order valence-corrected chi connectivity index (χ1v) is 11.8. The van der Waals surface area contributed by atoms with Crippen LogP contribution in [-0.4, -0.2) is 37.5 Å². The van der Waals surface area contributed by atoms with Crippen molar-refractivity contribution in [3.63, 3.8) is 0 Å². The summed E-state index contributed by atoms with van der Waals surface area (Å²) in [6, 6.07) is 11.9. The highest BCUT2D eigenvalue weighted by atomic mass is 35.5. The summed E-state index contributed by atoms with van der Waals surface area (Å²) in [5.41, 5.74) is 0.934. The molecule has 2 aromatic carbocycles. The summed E-state index contributed by atoms with van der Waals surface area (Å²) in [4.78, 5) is 22.7. The predicted molar refractivity (Wildman–Crippen MR) is 127 cm³/mol. The molecule has 33 heavy (non-hydrogen) atoms. The van der Waals surface area contributed by atoms with Gasteiger partial charge in [0.2, 0.25) is 5.91 Å². The summed E-state index contributed by atoms with van der Waals surface area (Å²) < 4.78 is 7.82. The number of nitro benzene ring substituents is 1. The molecule has 172 valence electrons. The highest BCUT2D eigenvalue weighted by Crippen LogP contribution is 2.29. The van der Waals surface area contributed by atoms with Crippen molar-refractivity contribution < 1.29 is 14.5 Å². The van der Waals surface area contributed by atoms with Crippen LogP contribution in [0.25, 0.3) is 11.4 Å². The number of rotatable bonds is 8. The van der Waals surface area contributed by atoms with E-state index in [4.69, 9.17) is 16.3 Å². The molecule has 0 spiro atoms. The summed E-state index contributed by atoms with van der Waals surface area (Å²) in [7, 11) is 1.83. The smallest absolute Gasteiger partial charge is 0.289 e. The molecule has 1 N–H and O–H groups in total. The first kappa shape index (κ1) is 23.1. The number of ether oxygens (including phenoxy) is 1. The number of nitro groups is 1. The third-order valence-electron chi connectivity index (χ3n) is 5.31.